The van der Waals surface area contributed by atoms with Gasteiger partial charge in [0.2, 0.25) is 0 Å². The SMILES string of the molecule is O=C1NC(=S)S/C1=C\c1cc(Cl)ccc1OCC(=O)N1CCOCC1. The van der Waals surface area contributed by atoms with Gasteiger partial charge in [-0.2, -0.15) is 0 Å². The zero-order valence-electron chi connectivity index (χ0n) is 13.1. The third kappa shape index (κ3) is 4.72. The first kappa shape index (κ1) is 18.2. The van der Waals surface area contributed by atoms with Crippen LogP contribution in [0.15, 0.2) is 23.1 Å². The zero-order chi connectivity index (χ0) is 17.8. The van der Waals surface area contributed by atoms with E-state index in [1.807, 2.05) is 0 Å². The van der Waals surface area contributed by atoms with Crippen molar-refractivity contribution in [3.63, 3.8) is 0 Å². The number of rotatable bonds is 4. The highest BCUT2D eigenvalue weighted by Crippen LogP contribution is 2.31. The van der Waals surface area contributed by atoms with Crippen LogP contribution in [-0.2, 0) is 14.3 Å². The number of thiocarbonyl (C=S) groups is 1. The van der Waals surface area contributed by atoms with E-state index in [1.54, 1.807) is 29.2 Å². The third-order valence-corrected chi connectivity index (χ3v) is 5.01. The summed E-state index contributed by atoms with van der Waals surface area (Å²) in [7, 11) is 0. The van der Waals surface area contributed by atoms with E-state index in [9.17, 15) is 9.59 Å². The van der Waals surface area contributed by atoms with Gasteiger partial charge in [-0.1, -0.05) is 35.6 Å². The van der Waals surface area contributed by atoms with E-state index >= 15 is 0 Å². The Morgan fingerprint density at radius 1 is 1.44 bits per heavy atom. The highest BCUT2D eigenvalue weighted by molar-refractivity contribution is 8.26. The van der Waals surface area contributed by atoms with Crippen molar-refractivity contribution < 1.29 is 19.1 Å². The van der Waals surface area contributed by atoms with Crippen molar-refractivity contribution in [2.45, 2.75) is 0 Å². The van der Waals surface area contributed by atoms with E-state index in [1.165, 1.54) is 11.8 Å². The van der Waals surface area contributed by atoms with Crippen molar-refractivity contribution in [3.8, 4) is 5.75 Å². The molecule has 0 aromatic heterocycles. The number of hydrogen-bond acceptors (Lipinski definition) is 6. The Bertz CT molecular complexity index is 748. The first-order chi connectivity index (χ1) is 12.0. The smallest absolute Gasteiger partial charge is 0.263 e. The molecule has 2 heterocycles. The standard InChI is InChI=1S/C16H15ClN2O4S2/c17-11-1-2-12(23-9-14(20)19-3-5-22-6-4-19)10(7-11)8-13-15(21)18-16(24)25-13/h1-2,7-8H,3-6,9H2,(H,18,21,24)/b13-8-. The largest absolute Gasteiger partial charge is 0.483 e. The molecule has 1 N–H and O–H groups in total. The molecule has 0 aliphatic carbocycles. The minimum Gasteiger partial charge on any atom is -0.483 e. The molecule has 2 fully saturated rings. The van der Waals surface area contributed by atoms with Gasteiger partial charge in [0.25, 0.3) is 11.8 Å². The molecule has 0 spiro atoms. The first-order valence-electron chi connectivity index (χ1n) is 7.55. The summed E-state index contributed by atoms with van der Waals surface area (Å²) >= 11 is 12.2. The lowest BCUT2D eigenvalue weighted by atomic mass is 10.2. The summed E-state index contributed by atoms with van der Waals surface area (Å²) in [5.41, 5.74) is 0.615. The number of carbonyl (C=O) groups is 2. The third-order valence-electron chi connectivity index (χ3n) is 3.62. The number of hydrogen-bond donors (Lipinski definition) is 1. The van der Waals surface area contributed by atoms with Crippen LogP contribution in [-0.4, -0.2) is 53.9 Å². The summed E-state index contributed by atoms with van der Waals surface area (Å²) < 4.78 is 11.3. The normalized spacial score (nSPS) is 19.2. The van der Waals surface area contributed by atoms with Crippen LogP contribution in [0.2, 0.25) is 5.02 Å². The maximum Gasteiger partial charge on any atom is 0.263 e. The lowest BCUT2D eigenvalue weighted by Crippen LogP contribution is -2.43. The van der Waals surface area contributed by atoms with E-state index in [4.69, 9.17) is 33.3 Å². The number of morpholine rings is 1. The predicted octanol–water partition coefficient (Wildman–Crippen LogP) is 2.07. The van der Waals surface area contributed by atoms with E-state index in [0.717, 1.165) is 0 Å². The quantitative estimate of drug-likeness (QED) is 0.618. The van der Waals surface area contributed by atoms with Crippen LogP contribution in [0.3, 0.4) is 0 Å². The lowest BCUT2D eigenvalue weighted by Gasteiger charge is -2.26. The van der Waals surface area contributed by atoms with E-state index in [0.29, 0.717) is 51.9 Å². The number of amides is 2. The molecular weight excluding hydrogens is 384 g/mol. The van der Waals surface area contributed by atoms with Crippen LogP contribution >= 0.6 is 35.6 Å². The van der Waals surface area contributed by atoms with Gasteiger partial charge >= 0.3 is 0 Å². The Balaban J connectivity index is 1.73. The predicted molar refractivity (Wildman–Crippen MR) is 101 cm³/mol. The molecule has 9 heteroatoms. The Morgan fingerprint density at radius 2 is 2.20 bits per heavy atom. The Labute approximate surface area is 159 Å². The van der Waals surface area contributed by atoms with E-state index < -0.39 is 0 Å². The second kappa shape index (κ2) is 8.18. The fraction of sp³-hybridized carbons (Fsp3) is 0.312. The van der Waals surface area contributed by atoms with Gasteiger partial charge in [-0.25, -0.2) is 0 Å². The highest BCUT2D eigenvalue weighted by atomic mass is 35.5. The van der Waals surface area contributed by atoms with Crippen LogP contribution < -0.4 is 10.1 Å². The highest BCUT2D eigenvalue weighted by Gasteiger charge is 2.23. The first-order valence-corrected chi connectivity index (χ1v) is 9.16. The molecule has 2 aliphatic rings. The molecular formula is C16H15ClN2O4S2. The molecule has 0 radical (unpaired) electrons. The van der Waals surface area contributed by atoms with Crippen molar-refractivity contribution in [2.24, 2.45) is 0 Å². The van der Waals surface area contributed by atoms with Crippen molar-refractivity contribution in [2.75, 3.05) is 32.9 Å². The summed E-state index contributed by atoms with van der Waals surface area (Å²) in [6.45, 7) is 2.12. The van der Waals surface area contributed by atoms with Crippen LogP contribution in [0.25, 0.3) is 6.08 Å². The van der Waals surface area contributed by atoms with Gasteiger partial charge in [0.1, 0.15) is 10.1 Å². The molecule has 6 nitrogen and oxygen atoms in total. The molecule has 3 rings (SSSR count). The lowest BCUT2D eigenvalue weighted by molar-refractivity contribution is -0.137. The molecule has 0 bridgehead atoms. The Morgan fingerprint density at radius 3 is 2.88 bits per heavy atom. The van der Waals surface area contributed by atoms with Crippen LogP contribution in [0, 0.1) is 0 Å². The van der Waals surface area contributed by atoms with Crippen molar-refractivity contribution in [1.29, 1.82) is 0 Å². The minimum absolute atomic E-state index is 0.0877. The van der Waals surface area contributed by atoms with Gasteiger partial charge in [0.05, 0.1) is 18.1 Å². The number of benzene rings is 1. The van der Waals surface area contributed by atoms with Crippen LogP contribution in [0.1, 0.15) is 5.56 Å². The molecule has 0 saturated carbocycles. The van der Waals surface area contributed by atoms with Gasteiger partial charge < -0.3 is 19.7 Å². The fourth-order valence-electron chi connectivity index (χ4n) is 2.37. The molecule has 0 atom stereocenters. The van der Waals surface area contributed by atoms with Crippen LogP contribution in [0.5, 0.6) is 5.75 Å². The summed E-state index contributed by atoms with van der Waals surface area (Å²) in [4.78, 5) is 26.2. The molecule has 2 aliphatic heterocycles. The molecule has 132 valence electrons. The maximum absolute atomic E-state index is 12.2. The van der Waals surface area contributed by atoms with E-state index in [-0.39, 0.29) is 18.4 Å². The number of carbonyl (C=O) groups excluding carboxylic acids is 2. The fourth-order valence-corrected chi connectivity index (χ4v) is 3.59. The number of ether oxygens (including phenoxy) is 2. The molecule has 2 amide bonds. The van der Waals surface area contributed by atoms with Crippen LogP contribution in [0.4, 0.5) is 0 Å². The van der Waals surface area contributed by atoms with Crippen molar-refractivity contribution in [1.82, 2.24) is 10.2 Å². The van der Waals surface area contributed by atoms with E-state index in [2.05, 4.69) is 5.32 Å². The summed E-state index contributed by atoms with van der Waals surface area (Å²) in [6.07, 6.45) is 1.65. The van der Waals surface area contributed by atoms with Gasteiger partial charge in [-0.05, 0) is 24.3 Å². The molecule has 0 unspecified atom stereocenters. The van der Waals surface area contributed by atoms with Crippen molar-refractivity contribution in [3.05, 3.63) is 33.7 Å². The average molecular weight is 399 g/mol. The number of thioether (sulfide) groups is 1. The molecule has 2 saturated heterocycles. The number of nitrogens with zero attached hydrogens (tertiary/aromatic N) is 1. The Kier molecular flexibility index (Phi) is 5.95. The summed E-state index contributed by atoms with van der Waals surface area (Å²) in [5, 5.41) is 3.06. The zero-order valence-corrected chi connectivity index (χ0v) is 15.5. The number of halogens is 1. The molecule has 25 heavy (non-hydrogen) atoms. The van der Waals surface area contributed by atoms with Crippen molar-refractivity contribution >= 4 is 57.8 Å². The molecule has 1 aromatic carbocycles. The topological polar surface area (TPSA) is 67.9 Å². The summed E-state index contributed by atoms with van der Waals surface area (Å²) in [6, 6.07) is 5.03. The maximum atomic E-state index is 12.2. The van der Waals surface area contributed by atoms with Gasteiger partial charge in [-0.3, -0.25) is 9.59 Å². The van der Waals surface area contributed by atoms with Gasteiger partial charge in [0, 0.05) is 23.7 Å². The second-order valence-corrected chi connectivity index (χ2v) is 7.47. The average Bonchev–Trinajstić information content (AvgIpc) is 2.92. The Hall–Kier alpha value is -1.61. The second-order valence-electron chi connectivity index (χ2n) is 5.32. The number of nitrogens with one attached hydrogen (secondary N) is 1. The summed E-state index contributed by atoms with van der Waals surface area (Å²) in [5.74, 6) is 0.112. The molecule has 1 aromatic rings. The van der Waals surface area contributed by atoms with Gasteiger partial charge in [-0.15, -0.1) is 0 Å². The monoisotopic (exact) mass is 398 g/mol. The van der Waals surface area contributed by atoms with Gasteiger partial charge in [0.15, 0.2) is 6.61 Å². The minimum atomic E-state index is -0.259.